The molecule has 0 amide bonds. The molecule has 1 rings (SSSR count). The molecule has 0 aromatic heterocycles. The number of hydrogen-bond donors (Lipinski definition) is 0. The van der Waals surface area contributed by atoms with E-state index in [1.54, 1.807) is 0 Å². The molecule has 1 aromatic carbocycles. The first kappa shape index (κ1) is 33.3. The molecule has 0 bridgehead atoms. The molecule has 210 valence electrons. The Morgan fingerprint density at radius 3 is 1.59 bits per heavy atom. The summed E-state index contributed by atoms with van der Waals surface area (Å²) in [6.45, 7) is 48.3. The van der Waals surface area contributed by atoms with Crippen LogP contribution in [0.1, 0.15) is 102 Å². The smallest absolute Gasteiger partial charge is 0.0475 e. The van der Waals surface area contributed by atoms with Gasteiger partial charge in [0.15, 0.2) is 0 Å². The number of benzene rings is 1. The second-order valence-corrected chi connectivity index (χ2v) is 13.9. The third kappa shape index (κ3) is 6.29. The van der Waals surface area contributed by atoms with Crippen molar-refractivity contribution in [3.63, 3.8) is 0 Å². The van der Waals surface area contributed by atoms with Crippen molar-refractivity contribution in [1.29, 1.82) is 0 Å². The van der Waals surface area contributed by atoms with E-state index in [0.717, 1.165) is 17.9 Å². The fraction of sp³-hybridized carbons (Fsp3) is 0.667. The van der Waals surface area contributed by atoms with Gasteiger partial charge in [0.05, 0.1) is 0 Å². The molecule has 0 N–H and O–H groups in total. The van der Waals surface area contributed by atoms with Gasteiger partial charge in [0.1, 0.15) is 0 Å². The standard InChI is InChI=1S/C36H61N/c1-24(2)28(9)36(17,34(14,15)29(10)30(11)35(16,26(5)6)27(7)8)32(13)37(31(12)25(3)4)23-33-21-19-18-20-22-33/h18-22,25-30H,1,12-13,23H2,2-11,14-17H3. The van der Waals surface area contributed by atoms with Crippen molar-refractivity contribution in [1.82, 2.24) is 4.90 Å². The SMILES string of the molecule is C=C(C)C(C)C(C)(C(=C)N(Cc1ccccc1)C(=C)C(C)C)C(C)(C)C(C)C(C)C(C)(C(C)C)C(C)C. The predicted molar refractivity (Wildman–Crippen MR) is 167 cm³/mol. The topological polar surface area (TPSA) is 3.24 Å². The number of nitrogens with zero attached hydrogens (tertiary/aromatic N) is 1. The Kier molecular flexibility index (Phi) is 11.1. The third-order valence-corrected chi connectivity index (χ3v) is 11.4. The van der Waals surface area contributed by atoms with Crippen LogP contribution in [0.4, 0.5) is 0 Å². The van der Waals surface area contributed by atoms with Gasteiger partial charge < -0.3 is 4.90 Å². The van der Waals surface area contributed by atoms with Gasteiger partial charge in [-0.2, -0.15) is 0 Å². The lowest BCUT2D eigenvalue weighted by atomic mass is 9.48. The monoisotopic (exact) mass is 507 g/mol. The van der Waals surface area contributed by atoms with E-state index in [1.165, 1.54) is 11.1 Å². The van der Waals surface area contributed by atoms with E-state index in [9.17, 15) is 0 Å². The van der Waals surface area contributed by atoms with Crippen molar-refractivity contribution in [2.24, 2.45) is 51.8 Å². The summed E-state index contributed by atoms with van der Waals surface area (Å²) >= 11 is 0. The predicted octanol–water partition coefficient (Wildman–Crippen LogP) is 11.0. The Labute approximate surface area is 232 Å². The highest BCUT2D eigenvalue weighted by molar-refractivity contribution is 5.27. The number of rotatable bonds is 14. The second-order valence-electron chi connectivity index (χ2n) is 13.9. The minimum atomic E-state index is -0.228. The van der Waals surface area contributed by atoms with Gasteiger partial charge in [-0.1, -0.05) is 146 Å². The van der Waals surface area contributed by atoms with Crippen LogP contribution in [0.5, 0.6) is 0 Å². The lowest BCUT2D eigenvalue weighted by molar-refractivity contribution is -0.0657. The molecule has 37 heavy (non-hydrogen) atoms. The molecule has 4 atom stereocenters. The van der Waals surface area contributed by atoms with Crippen molar-refractivity contribution >= 4 is 0 Å². The summed E-state index contributed by atoms with van der Waals surface area (Å²) in [6.07, 6.45) is 0. The fourth-order valence-electron chi connectivity index (χ4n) is 6.76. The maximum absolute atomic E-state index is 4.89. The number of allylic oxidation sites excluding steroid dienone is 3. The molecule has 0 aliphatic rings. The maximum atomic E-state index is 4.89. The van der Waals surface area contributed by atoms with Crippen LogP contribution in [-0.2, 0) is 6.54 Å². The molecule has 4 unspecified atom stereocenters. The molecule has 0 saturated carbocycles. The molecular weight excluding hydrogens is 446 g/mol. The van der Waals surface area contributed by atoms with Crippen LogP contribution in [0.25, 0.3) is 0 Å². The van der Waals surface area contributed by atoms with Gasteiger partial charge in [0.2, 0.25) is 0 Å². The van der Waals surface area contributed by atoms with Gasteiger partial charge in [-0.05, 0) is 58.8 Å². The number of hydrogen-bond acceptors (Lipinski definition) is 1. The molecule has 0 heterocycles. The lowest BCUT2D eigenvalue weighted by Crippen LogP contribution is -2.53. The highest BCUT2D eigenvalue weighted by Crippen LogP contribution is 2.60. The normalized spacial score (nSPS) is 16.9. The summed E-state index contributed by atoms with van der Waals surface area (Å²) < 4.78 is 0. The van der Waals surface area contributed by atoms with Gasteiger partial charge >= 0.3 is 0 Å². The van der Waals surface area contributed by atoms with E-state index in [-0.39, 0.29) is 22.2 Å². The van der Waals surface area contributed by atoms with E-state index in [2.05, 4.69) is 145 Å². The first-order valence-corrected chi connectivity index (χ1v) is 14.6. The Morgan fingerprint density at radius 1 is 0.757 bits per heavy atom. The van der Waals surface area contributed by atoms with E-state index in [1.807, 2.05) is 0 Å². The lowest BCUT2D eigenvalue weighted by Gasteiger charge is -2.59. The Balaban J connectivity index is 3.78. The Morgan fingerprint density at radius 2 is 1.22 bits per heavy atom. The molecule has 0 radical (unpaired) electrons. The molecule has 0 fully saturated rings. The molecular formula is C36H61N. The minimum Gasteiger partial charge on any atom is -0.345 e. The van der Waals surface area contributed by atoms with Crippen LogP contribution in [0.3, 0.4) is 0 Å². The van der Waals surface area contributed by atoms with Crippen molar-refractivity contribution in [2.75, 3.05) is 0 Å². The summed E-state index contributed by atoms with van der Waals surface area (Å²) in [7, 11) is 0. The van der Waals surface area contributed by atoms with E-state index < -0.39 is 0 Å². The average Bonchev–Trinajstić information content (AvgIpc) is 2.83. The molecule has 1 nitrogen and oxygen atoms in total. The summed E-state index contributed by atoms with van der Waals surface area (Å²) in [5.41, 5.74) is 4.72. The largest absolute Gasteiger partial charge is 0.345 e. The molecule has 0 saturated heterocycles. The van der Waals surface area contributed by atoms with E-state index >= 15 is 0 Å². The summed E-state index contributed by atoms with van der Waals surface area (Å²) in [6, 6.07) is 10.7. The fourth-order valence-corrected chi connectivity index (χ4v) is 6.76. The van der Waals surface area contributed by atoms with Crippen LogP contribution in [0.2, 0.25) is 0 Å². The average molecular weight is 508 g/mol. The van der Waals surface area contributed by atoms with Crippen molar-refractivity contribution in [3.8, 4) is 0 Å². The quantitative estimate of drug-likeness (QED) is 0.226. The summed E-state index contributed by atoms with van der Waals surface area (Å²) in [5, 5.41) is 0. The van der Waals surface area contributed by atoms with Crippen LogP contribution in [-0.4, -0.2) is 4.90 Å². The maximum Gasteiger partial charge on any atom is 0.0475 e. The molecule has 1 heteroatoms. The zero-order valence-corrected chi connectivity index (χ0v) is 27.1. The zero-order chi connectivity index (χ0) is 29.1. The van der Waals surface area contributed by atoms with E-state index in [0.29, 0.717) is 29.6 Å². The van der Waals surface area contributed by atoms with Gasteiger partial charge in [-0.25, -0.2) is 0 Å². The Hall–Kier alpha value is -1.76. The Bertz CT molecular complexity index is 907. The zero-order valence-electron chi connectivity index (χ0n) is 27.1. The van der Waals surface area contributed by atoms with Gasteiger partial charge in [0, 0.05) is 23.4 Å². The highest BCUT2D eigenvalue weighted by Gasteiger charge is 2.55. The minimum absolute atomic E-state index is 0.0564. The van der Waals surface area contributed by atoms with Gasteiger partial charge in [0.25, 0.3) is 0 Å². The molecule has 1 aromatic rings. The van der Waals surface area contributed by atoms with Crippen LogP contribution >= 0.6 is 0 Å². The highest BCUT2D eigenvalue weighted by atomic mass is 15.2. The van der Waals surface area contributed by atoms with Crippen LogP contribution in [0, 0.1) is 51.8 Å². The molecule has 0 aliphatic carbocycles. The third-order valence-electron chi connectivity index (χ3n) is 11.4. The summed E-state index contributed by atoms with van der Waals surface area (Å²) in [4.78, 5) is 2.42. The van der Waals surface area contributed by atoms with Gasteiger partial charge in [-0.3, -0.25) is 0 Å². The van der Waals surface area contributed by atoms with Crippen molar-refractivity contribution in [3.05, 3.63) is 72.6 Å². The first-order chi connectivity index (χ1) is 16.8. The van der Waals surface area contributed by atoms with E-state index in [4.69, 9.17) is 6.58 Å². The summed E-state index contributed by atoms with van der Waals surface area (Å²) in [5.74, 6) is 2.77. The molecule has 0 spiro atoms. The van der Waals surface area contributed by atoms with Crippen molar-refractivity contribution in [2.45, 2.75) is 103 Å². The van der Waals surface area contributed by atoms with Gasteiger partial charge in [-0.15, -0.1) is 0 Å². The van der Waals surface area contributed by atoms with Crippen LogP contribution < -0.4 is 0 Å². The van der Waals surface area contributed by atoms with Crippen LogP contribution in [0.15, 0.2) is 67.0 Å². The van der Waals surface area contributed by atoms with Crippen molar-refractivity contribution < 1.29 is 0 Å². The molecule has 0 aliphatic heterocycles. The second kappa shape index (κ2) is 12.4. The first-order valence-electron chi connectivity index (χ1n) is 14.6.